The molecule has 0 radical (unpaired) electrons. The second kappa shape index (κ2) is 11.9. The fourth-order valence-corrected chi connectivity index (χ4v) is 5.49. The van der Waals surface area contributed by atoms with Gasteiger partial charge in [0.15, 0.2) is 0 Å². The van der Waals surface area contributed by atoms with Crippen LogP contribution in [0.5, 0.6) is 0 Å². The SMILES string of the molecule is CNC(=O)C(C)N(Cc1ccc(Cl)cc1)C(=O)CN(c1cccc(Br)c1)S(=O)(=O)c1ccc(C)cc1. The number of hydrogen-bond donors (Lipinski definition) is 1. The maximum absolute atomic E-state index is 13.7. The minimum Gasteiger partial charge on any atom is -0.357 e. The quantitative estimate of drug-likeness (QED) is 0.388. The lowest BCUT2D eigenvalue weighted by Crippen LogP contribution is -2.50. The number of carbonyl (C=O) groups excluding carboxylic acids is 2. The van der Waals surface area contributed by atoms with Crippen LogP contribution in [0.25, 0.3) is 0 Å². The zero-order chi connectivity index (χ0) is 26.5. The predicted molar refractivity (Wildman–Crippen MR) is 145 cm³/mol. The lowest BCUT2D eigenvalue weighted by atomic mass is 10.1. The van der Waals surface area contributed by atoms with Gasteiger partial charge in [0.05, 0.1) is 10.6 Å². The molecular weight excluding hydrogens is 566 g/mol. The lowest BCUT2D eigenvalue weighted by Gasteiger charge is -2.31. The Kier molecular flexibility index (Phi) is 9.16. The van der Waals surface area contributed by atoms with Gasteiger partial charge in [-0.2, -0.15) is 0 Å². The number of nitrogens with zero attached hydrogens (tertiary/aromatic N) is 2. The van der Waals surface area contributed by atoms with Crippen molar-refractivity contribution in [2.24, 2.45) is 0 Å². The summed E-state index contributed by atoms with van der Waals surface area (Å²) in [6, 6.07) is 19.2. The molecule has 0 spiro atoms. The van der Waals surface area contributed by atoms with Crippen molar-refractivity contribution < 1.29 is 18.0 Å². The number of rotatable bonds is 9. The van der Waals surface area contributed by atoms with E-state index in [4.69, 9.17) is 11.6 Å². The summed E-state index contributed by atoms with van der Waals surface area (Å²) >= 11 is 9.37. The highest BCUT2D eigenvalue weighted by Gasteiger charge is 2.32. The van der Waals surface area contributed by atoms with E-state index in [2.05, 4.69) is 21.2 Å². The normalized spacial score (nSPS) is 12.0. The van der Waals surface area contributed by atoms with Crippen LogP contribution in [0.15, 0.2) is 82.2 Å². The number of likely N-dealkylation sites (N-methyl/N-ethyl adjacent to an activating group) is 1. The standard InChI is InChI=1S/C26H27BrClN3O4S/c1-18-7-13-24(14-8-18)36(34,35)31(23-6-4-5-21(27)15-23)17-25(32)30(19(2)26(33)29-3)16-20-9-11-22(28)12-10-20/h4-15,19H,16-17H2,1-3H3,(H,29,33). The van der Waals surface area contributed by atoms with Crippen molar-refractivity contribution in [3.63, 3.8) is 0 Å². The number of anilines is 1. The number of amides is 2. The van der Waals surface area contributed by atoms with Crippen molar-refractivity contribution in [1.29, 1.82) is 0 Å². The molecule has 2 amide bonds. The number of halogens is 2. The van der Waals surface area contributed by atoms with Gasteiger partial charge in [0.1, 0.15) is 12.6 Å². The van der Waals surface area contributed by atoms with Gasteiger partial charge in [-0.3, -0.25) is 13.9 Å². The third kappa shape index (κ3) is 6.66. The van der Waals surface area contributed by atoms with Crippen LogP contribution < -0.4 is 9.62 Å². The predicted octanol–water partition coefficient (Wildman–Crippen LogP) is 4.77. The van der Waals surface area contributed by atoms with Gasteiger partial charge >= 0.3 is 0 Å². The summed E-state index contributed by atoms with van der Waals surface area (Å²) in [6.07, 6.45) is 0. The van der Waals surface area contributed by atoms with E-state index in [1.165, 1.54) is 24.1 Å². The van der Waals surface area contributed by atoms with Crippen LogP contribution in [0.1, 0.15) is 18.1 Å². The summed E-state index contributed by atoms with van der Waals surface area (Å²) in [5.74, 6) is -0.899. The zero-order valence-corrected chi connectivity index (χ0v) is 23.3. The van der Waals surface area contributed by atoms with E-state index < -0.39 is 28.5 Å². The van der Waals surface area contributed by atoms with Crippen molar-refractivity contribution in [3.05, 3.63) is 93.4 Å². The first-order valence-electron chi connectivity index (χ1n) is 11.1. The van der Waals surface area contributed by atoms with Crippen molar-refractivity contribution in [2.75, 3.05) is 17.9 Å². The lowest BCUT2D eigenvalue weighted by molar-refractivity contribution is -0.139. The van der Waals surface area contributed by atoms with Crippen LogP contribution in [0, 0.1) is 6.92 Å². The second-order valence-electron chi connectivity index (χ2n) is 8.24. The van der Waals surface area contributed by atoms with Crippen LogP contribution >= 0.6 is 27.5 Å². The van der Waals surface area contributed by atoms with E-state index in [0.29, 0.717) is 15.2 Å². The van der Waals surface area contributed by atoms with Crippen molar-refractivity contribution in [3.8, 4) is 0 Å². The molecule has 3 aromatic carbocycles. The minimum absolute atomic E-state index is 0.0597. The molecule has 1 N–H and O–H groups in total. The molecule has 0 aromatic heterocycles. The Labute approximate surface area is 225 Å². The molecule has 10 heteroatoms. The average molecular weight is 593 g/mol. The smallest absolute Gasteiger partial charge is 0.264 e. The molecule has 3 rings (SSSR count). The van der Waals surface area contributed by atoms with Crippen LogP contribution in [0.3, 0.4) is 0 Å². The Hall–Kier alpha value is -2.88. The maximum atomic E-state index is 13.7. The molecule has 0 aliphatic rings. The fraction of sp³-hybridized carbons (Fsp3) is 0.231. The molecular formula is C26H27BrClN3O4S. The highest BCUT2D eigenvalue weighted by Crippen LogP contribution is 2.27. The Bertz CT molecular complexity index is 1330. The van der Waals surface area contributed by atoms with Gasteiger partial charge < -0.3 is 10.2 Å². The van der Waals surface area contributed by atoms with Gasteiger partial charge in [-0.25, -0.2) is 8.42 Å². The van der Waals surface area contributed by atoms with Crippen molar-refractivity contribution in [1.82, 2.24) is 10.2 Å². The zero-order valence-electron chi connectivity index (χ0n) is 20.1. The topological polar surface area (TPSA) is 86.8 Å². The molecule has 0 saturated carbocycles. The van der Waals surface area contributed by atoms with Gasteiger partial charge in [-0.1, -0.05) is 63.4 Å². The summed E-state index contributed by atoms with van der Waals surface area (Å²) < 4.78 is 29.2. The van der Waals surface area contributed by atoms with Crippen molar-refractivity contribution >= 4 is 55.1 Å². The Morgan fingerprint density at radius 2 is 1.67 bits per heavy atom. The first-order valence-corrected chi connectivity index (χ1v) is 13.7. The molecule has 0 aliphatic heterocycles. The van der Waals surface area contributed by atoms with Crippen LogP contribution in [-0.4, -0.2) is 44.8 Å². The summed E-state index contributed by atoms with van der Waals surface area (Å²) in [5.41, 5.74) is 1.98. The maximum Gasteiger partial charge on any atom is 0.264 e. The first kappa shape index (κ1) is 27.7. The molecule has 0 bridgehead atoms. The first-order chi connectivity index (χ1) is 17.0. The van der Waals surface area contributed by atoms with E-state index in [1.54, 1.807) is 67.6 Å². The molecule has 1 atom stereocenters. The monoisotopic (exact) mass is 591 g/mol. The highest BCUT2D eigenvalue weighted by molar-refractivity contribution is 9.10. The molecule has 0 heterocycles. The fourth-order valence-electron chi connectivity index (χ4n) is 3.58. The van der Waals surface area contributed by atoms with E-state index in [0.717, 1.165) is 15.4 Å². The van der Waals surface area contributed by atoms with Gasteiger partial charge in [-0.05, 0) is 61.9 Å². The van der Waals surface area contributed by atoms with Gasteiger partial charge in [0.2, 0.25) is 11.8 Å². The van der Waals surface area contributed by atoms with E-state index >= 15 is 0 Å². The van der Waals surface area contributed by atoms with E-state index in [9.17, 15) is 18.0 Å². The molecule has 0 saturated heterocycles. The molecule has 190 valence electrons. The number of nitrogens with one attached hydrogen (secondary N) is 1. The number of hydrogen-bond acceptors (Lipinski definition) is 4. The minimum atomic E-state index is -4.10. The molecule has 3 aromatic rings. The summed E-state index contributed by atoms with van der Waals surface area (Å²) in [7, 11) is -2.61. The molecule has 36 heavy (non-hydrogen) atoms. The molecule has 7 nitrogen and oxygen atoms in total. The molecule has 0 fully saturated rings. The second-order valence-corrected chi connectivity index (χ2v) is 11.5. The van der Waals surface area contributed by atoms with Crippen LogP contribution in [0.4, 0.5) is 5.69 Å². The van der Waals surface area contributed by atoms with Gasteiger partial charge in [0.25, 0.3) is 10.0 Å². The number of carbonyl (C=O) groups is 2. The summed E-state index contributed by atoms with van der Waals surface area (Å²) in [5, 5.41) is 3.10. The third-order valence-electron chi connectivity index (χ3n) is 5.66. The Morgan fingerprint density at radius 3 is 2.25 bits per heavy atom. The Morgan fingerprint density at radius 1 is 1.03 bits per heavy atom. The van der Waals surface area contributed by atoms with Gasteiger partial charge in [0, 0.05) is 23.1 Å². The number of benzene rings is 3. The third-order valence-corrected chi connectivity index (χ3v) is 8.20. The number of sulfonamides is 1. The highest BCUT2D eigenvalue weighted by atomic mass is 79.9. The average Bonchev–Trinajstić information content (AvgIpc) is 2.86. The Balaban J connectivity index is 2.02. The largest absolute Gasteiger partial charge is 0.357 e. The van der Waals surface area contributed by atoms with E-state index in [-0.39, 0.29) is 17.3 Å². The molecule has 0 aliphatic carbocycles. The van der Waals surface area contributed by atoms with Gasteiger partial charge in [-0.15, -0.1) is 0 Å². The van der Waals surface area contributed by atoms with Crippen LogP contribution in [0.2, 0.25) is 5.02 Å². The van der Waals surface area contributed by atoms with Crippen LogP contribution in [-0.2, 0) is 26.2 Å². The van der Waals surface area contributed by atoms with E-state index in [1.807, 2.05) is 6.92 Å². The summed E-state index contributed by atoms with van der Waals surface area (Å²) in [4.78, 5) is 27.6. The van der Waals surface area contributed by atoms with Crippen molar-refractivity contribution in [2.45, 2.75) is 31.3 Å². The number of aryl methyl sites for hydroxylation is 1. The summed E-state index contributed by atoms with van der Waals surface area (Å²) in [6.45, 7) is 3.06. The molecule has 1 unspecified atom stereocenters.